The summed E-state index contributed by atoms with van der Waals surface area (Å²) in [6.45, 7) is 13.5. The molecule has 0 amide bonds. The van der Waals surface area contributed by atoms with Crippen molar-refractivity contribution in [2.45, 2.75) is 70.9 Å². The first-order chi connectivity index (χ1) is 11.2. The largest absolute Gasteiger partial charge is 0.361 e. The van der Waals surface area contributed by atoms with Crippen molar-refractivity contribution >= 4 is 34.9 Å². The number of fused-ring (bicyclic) bond motifs is 3. The van der Waals surface area contributed by atoms with Crippen LogP contribution in [0.15, 0.2) is 22.7 Å². The molecule has 0 saturated carbocycles. The topological polar surface area (TPSA) is 14.2 Å². The Bertz CT molecular complexity index is 742. The van der Waals surface area contributed by atoms with Gasteiger partial charge in [0.05, 0.1) is 5.52 Å². The van der Waals surface area contributed by atoms with Crippen LogP contribution in [-0.4, -0.2) is 19.2 Å². The first-order valence-corrected chi connectivity index (χ1v) is 13.6. The summed E-state index contributed by atoms with van der Waals surface area (Å²) in [5.74, 6) is 0. The van der Waals surface area contributed by atoms with Crippen LogP contribution in [0.5, 0.6) is 0 Å². The number of halogens is 1. The number of aryl methyl sites for hydroxylation is 1. The fourth-order valence-electron chi connectivity index (χ4n) is 3.95. The van der Waals surface area contributed by atoms with Gasteiger partial charge in [0.2, 0.25) is 0 Å². The van der Waals surface area contributed by atoms with Gasteiger partial charge in [-0.15, -0.1) is 0 Å². The minimum Gasteiger partial charge on any atom is -0.361 e. The van der Waals surface area contributed by atoms with Gasteiger partial charge in [-0.25, -0.2) is 0 Å². The summed E-state index contributed by atoms with van der Waals surface area (Å²) in [7, 11) is -1.04. The van der Waals surface area contributed by atoms with Gasteiger partial charge in [-0.05, 0) is 52.9 Å². The molecule has 0 N–H and O–H groups in total. The molecule has 24 heavy (non-hydrogen) atoms. The van der Waals surface area contributed by atoms with Crippen molar-refractivity contribution in [1.82, 2.24) is 4.57 Å². The van der Waals surface area contributed by atoms with Crippen molar-refractivity contribution in [3.63, 3.8) is 0 Å². The molecule has 132 valence electrons. The number of benzene rings is 1. The van der Waals surface area contributed by atoms with Crippen molar-refractivity contribution in [3.8, 4) is 0 Å². The highest BCUT2D eigenvalue weighted by molar-refractivity contribution is 9.10. The molecule has 0 spiro atoms. The molecule has 2 nitrogen and oxygen atoms in total. The average molecular weight is 408 g/mol. The zero-order chi connectivity index (χ0) is 17.5. The van der Waals surface area contributed by atoms with Crippen LogP contribution >= 0.6 is 15.9 Å². The van der Waals surface area contributed by atoms with E-state index in [0.29, 0.717) is 6.73 Å². The highest BCUT2D eigenvalue weighted by Crippen LogP contribution is 2.43. The standard InChI is InChI=1S/C20H30BrNOSi/c1-20(2)11-7-9-16-15-8-6-10-17(21)18(15)22(19(16)20)14-23-12-13-24(3,4)5/h6,8,10H,7,9,11-14H2,1-5H3. The zero-order valence-corrected chi connectivity index (χ0v) is 18.3. The van der Waals surface area contributed by atoms with E-state index in [1.54, 1.807) is 0 Å². The molecule has 1 aliphatic rings. The lowest BCUT2D eigenvalue weighted by Gasteiger charge is -2.32. The normalized spacial score (nSPS) is 17.2. The SMILES string of the molecule is CC1(C)CCCc2c1n(COCC[Si](C)(C)C)c1c(Br)cccc21. The number of nitrogens with zero attached hydrogens (tertiary/aromatic N) is 1. The van der Waals surface area contributed by atoms with Crippen molar-refractivity contribution in [3.05, 3.63) is 33.9 Å². The first-order valence-electron chi connectivity index (χ1n) is 9.08. The molecule has 0 saturated heterocycles. The Hall–Kier alpha value is -0.583. The quantitative estimate of drug-likeness (QED) is 0.417. The maximum atomic E-state index is 6.15. The van der Waals surface area contributed by atoms with Gasteiger partial charge < -0.3 is 9.30 Å². The van der Waals surface area contributed by atoms with Gasteiger partial charge in [0, 0.05) is 35.6 Å². The molecule has 0 aliphatic heterocycles. The highest BCUT2D eigenvalue weighted by Gasteiger charge is 2.33. The first kappa shape index (κ1) is 18.2. The van der Waals surface area contributed by atoms with Gasteiger partial charge in [0.25, 0.3) is 0 Å². The lowest BCUT2D eigenvalue weighted by atomic mass is 9.76. The van der Waals surface area contributed by atoms with Gasteiger partial charge in [0.15, 0.2) is 0 Å². The van der Waals surface area contributed by atoms with Crippen LogP contribution in [0.2, 0.25) is 25.7 Å². The molecule has 2 aromatic rings. The van der Waals surface area contributed by atoms with E-state index in [9.17, 15) is 0 Å². The van der Waals surface area contributed by atoms with E-state index in [2.05, 4.69) is 72.2 Å². The van der Waals surface area contributed by atoms with E-state index in [-0.39, 0.29) is 5.41 Å². The number of para-hydroxylation sites is 1. The molecule has 0 atom stereocenters. The predicted molar refractivity (Wildman–Crippen MR) is 110 cm³/mol. The molecule has 4 heteroatoms. The monoisotopic (exact) mass is 407 g/mol. The zero-order valence-electron chi connectivity index (χ0n) is 15.7. The van der Waals surface area contributed by atoms with Gasteiger partial charge >= 0.3 is 0 Å². The fourth-order valence-corrected chi connectivity index (χ4v) is 5.29. The number of hydrogen-bond acceptors (Lipinski definition) is 1. The fraction of sp³-hybridized carbons (Fsp3) is 0.600. The minimum absolute atomic E-state index is 0.216. The van der Waals surface area contributed by atoms with E-state index in [4.69, 9.17) is 4.74 Å². The number of ether oxygens (including phenoxy) is 1. The molecule has 0 unspecified atom stereocenters. The van der Waals surface area contributed by atoms with E-state index < -0.39 is 8.07 Å². The third kappa shape index (κ3) is 3.51. The molecule has 1 heterocycles. The van der Waals surface area contributed by atoms with Crippen molar-refractivity contribution in [1.29, 1.82) is 0 Å². The summed E-state index contributed by atoms with van der Waals surface area (Å²) in [5, 5.41) is 1.40. The summed E-state index contributed by atoms with van der Waals surface area (Å²) in [6, 6.07) is 7.81. The Morgan fingerprint density at radius 2 is 2.00 bits per heavy atom. The number of rotatable bonds is 5. The number of aromatic nitrogens is 1. The van der Waals surface area contributed by atoms with Gasteiger partial charge in [-0.3, -0.25) is 0 Å². The summed E-state index contributed by atoms with van der Waals surface area (Å²) in [5.41, 5.74) is 4.55. The Kier molecular flexibility index (Phi) is 5.02. The summed E-state index contributed by atoms with van der Waals surface area (Å²) < 4.78 is 9.78. The molecule has 0 bridgehead atoms. The highest BCUT2D eigenvalue weighted by atomic mass is 79.9. The second kappa shape index (κ2) is 6.62. The Morgan fingerprint density at radius 1 is 1.25 bits per heavy atom. The number of hydrogen-bond donors (Lipinski definition) is 0. The van der Waals surface area contributed by atoms with Gasteiger partial charge in [-0.2, -0.15) is 0 Å². The van der Waals surface area contributed by atoms with Crippen LogP contribution in [0.1, 0.15) is 37.9 Å². The molecular formula is C20H30BrNOSi. The molecule has 0 fully saturated rings. The Morgan fingerprint density at radius 3 is 2.71 bits per heavy atom. The molecular weight excluding hydrogens is 378 g/mol. The molecule has 1 aromatic heterocycles. The molecule has 1 aliphatic carbocycles. The van der Waals surface area contributed by atoms with Gasteiger partial charge in [0.1, 0.15) is 6.73 Å². The van der Waals surface area contributed by atoms with Gasteiger partial charge in [-0.1, -0.05) is 45.6 Å². The smallest absolute Gasteiger partial charge is 0.123 e. The molecule has 1 aromatic carbocycles. The minimum atomic E-state index is -1.04. The average Bonchev–Trinajstić information content (AvgIpc) is 2.79. The van der Waals surface area contributed by atoms with E-state index in [1.807, 2.05) is 0 Å². The summed E-state index contributed by atoms with van der Waals surface area (Å²) >= 11 is 3.78. The Balaban J connectivity index is 1.99. The predicted octanol–water partition coefficient (Wildman–Crippen LogP) is 6.33. The van der Waals surface area contributed by atoms with Crippen LogP contribution in [0.3, 0.4) is 0 Å². The summed E-state index contributed by atoms with van der Waals surface area (Å²) in [6.07, 6.45) is 3.72. The maximum absolute atomic E-state index is 6.15. The van der Waals surface area contributed by atoms with E-state index in [0.717, 1.165) is 6.61 Å². The van der Waals surface area contributed by atoms with Crippen LogP contribution in [0, 0.1) is 0 Å². The van der Waals surface area contributed by atoms with Crippen molar-refractivity contribution < 1.29 is 4.74 Å². The second-order valence-corrected chi connectivity index (χ2v) is 15.5. The van der Waals surface area contributed by atoms with Crippen LogP contribution < -0.4 is 0 Å². The molecule has 0 radical (unpaired) electrons. The van der Waals surface area contributed by atoms with Crippen LogP contribution in [0.25, 0.3) is 10.9 Å². The lowest BCUT2D eigenvalue weighted by Crippen LogP contribution is -2.28. The molecule has 3 rings (SSSR count). The van der Waals surface area contributed by atoms with E-state index >= 15 is 0 Å². The third-order valence-electron chi connectivity index (χ3n) is 5.22. The Labute approximate surface area is 155 Å². The van der Waals surface area contributed by atoms with E-state index in [1.165, 1.54) is 51.9 Å². The summed E-state index contributed by atoms with van der Waals surface area (Å²) in [4.78, 5) is 0. The van der Waals surface area contributed by atoms with Crippen molar-refractivity contribution in [2.75, 3.05) is 6.61 Å². The second-order valence-electron chi connectivity index (χ2n) is 8.98. The third-order valence-corrected chi connectivity index (χ3v) is 7.57. The maximum Gasteiger partial charge on any atom is 0.123 e. The van der Waals surface area contributed by atoms with Crippen LogP contribution in [0.4, 0.5) is 0 Å². The lowest BCUT2D eigenvalue weighted by molar-refractivity contribution is 0.0854. The van der Waals surface area contributed by atoms with Crippen molar-refractivity contribution in [2.24, 2.45) is 0 Å². The van der Waals surface area contributed by atoms with Crippen LogP contribution in [-0.2, 0) is 23.3 Å².